The molecule has 1 amide bonds. The molecule has 4 heteroatoms. The minimum Gasteiger partial charge on any atom is -0.393 e. The number of carbonyl (C=O) groups excluding carboxylic acids is 1. The molecule has 2 fully saturated rings. The molecule has 1 saturated carbocycles. The average Bonchev–Trinajstić information content (AvgIpc) is 2.51. The van der Waals surface area contributed by atoms with E-state index in [2.05, 4.69) is 5.32 Å². The summed E-state index contributed by atoms with van der Waals surface area (Å²) in [5.74, 6) is 1.26. The minimum absolute atomic E-state index is 0.164. The maximum Gasteiger partial charge on any atom is 0.236 e. The second kappa shape index (κ2) is 3.74. The van der Waals surface area contributed by atoms with Gasteiger partial charge >= 0.3 is 0 Å². The van der Waals surface area contributed by atoms with Gasteiger partial charge in [0.15, 0.2) is 0 Å². The molecule has 0 aromatic rings. The van der Waals surface area contributed by atoms with E-state index < -0.39 is 0 Å². The van der Waals surface area contributed by atoms with Gasteiger partial charge in [0.2, 0.25) is 5.91 Å². The molecule has 1 aliphatic carbocycles. The molecular weight excluding hydrogens is 198 g/mol. The molecule has 0 aromatic carbocycles. The van der Waals surface area contributed by atoms with Crippen LogP contribution in [0, 0.1) is 0 Å². The van der Waals surface area contributed by atoms with Gasteiger partial charge in [-0.15, -0.1) is 11.8 Å². The highest BCUT2D eigenvalue weighted by Crippen LogP contribution is 2.38. The predicted molar refractivity (Wildman–Crippen MR) is 57.3 cm³/mol. The largest absolute Gasteiger partial charge is 0.393 e. The Morgan fingerprint density at radius 2 is 2.29 bits per heavy atom. The molecule has 1 unspecified atom stereocenters. The van der Waals surface area contributed by atoms with Crippen LogP contribution in [-0.4, -0.2) is 33.7 Å². The van der Waals surface area contributed by atoms with Gasteiger partial charge < -0.3 is 10.4 Å². The van der Waals surface area contributed by atoms with Crippen LogP contribution in [0.15, 0.2) is 0 Å². The molecule has 0 spiro atoms. The van der Waals surface area contributed by atoms with Gasteiger partial charge in [0, 0.05) is 6.04 Å². The van der Waals surface area contributed by atoms with Crippen molar-refractivity contribution in [3.8, 4) is 0 Å². The first kappa shape index (κ1) is 10.3. The molecule has 2 rings (SSSR count). The van der Waals surface area contributed by atoms with Crippen LogP contribution in [0.1, 0.15) is 32.6 Å². The van der Waals surface area contributed by atoms with Gasteiger partial charge in [0.1, 0.15) is 0 Å². The molecule has 80 valence electrons. The van der Waals surface area contributed by atoms with E-state index in [9.17, 15) is 4.79 Å². The molecule has 0 bridgehead atoms. The smallest absolute Gasteiger partial charge is 0.236 e. The Morgan fingerprint density at radius 1 is 1.57 bits per heavy atom. The van der Waals surface area contributed by atoms with Crippen LogP contribution in [0.4, 0.5) is 0 Å². The van der Waals surface area contributed by atoms with Gasteiger partial charge in [-0.05, 0) is 38.4 Å². The number of amides is 1. The third-order valence-electron chi connectivity index (χ3n) is 3.15. The Hall–Kier alpha value is -0.220. The van der Waals surface area contributed by atoms with Crippen molar-refractivity contribution in [2.45, 2.75) is 49.5 Å². The molecule has 1 aliphatic heterocycles. The van der Waals surface area contributed by atoms with Gasteiger partial charge in [-0.3, -0.25) is 4.79 Å². The zero-order valence-electron chi connectivity index (χ0n) is 8.45. The number of hydrogen-bond donors (Lipinski definition) is 2. The first-order valence-electron chi connectivity index (χ1n) is 5.23. The standard InChI is InChI=1S/C10H17NO2S/c1-10(3-2-4-14-10)9(13)11-7-5-8(12)6-7/h7-8,12H,2-6H2,1H3,(H,11,13). The highest BCUT2D eigenvalue weighted by molar-refractivity contribution is 8.01. The van der Waals surface area contributed by atoms with Crippen LogP contribution in [0.2, 0.25) is 0 Å². The van der Waals surface area contributed by atoms with E-state index in [-0.39, 0.29) is 22.8 Å². The van der Waals surface area contributed by atoms with Crippen LogP contribution >= 0.6 is 11.8 Å². The number of hydrogen-bond acceptors (Lipinski definition) is 3. The second-order valence-electron chi connectivity index (χ2n) is 4.48. The van der Waals surface area contributed by atoms with Crippen LogP contribution < -0.4 is 5.32 Å². The van der Waals surface area contributed by atoms with E-state index in [0.717, 1.165) is 31.4 Å². The fourth-order valence-electron chi connectivity index (χ4n) is 2.00. The second-order valence-corrected chi connectivity index (χ2v) is 6.08. The van der Waals surface area contributed by atoms with Crippen LogP contribution in [0.5, 0.6) is 0 Å². The summed E-state index contributed by atoms with van der Waals surface area (Å²) in [7, 11) is 0. The maximum absolute atomic E-state index is 11.9. The molecule has 0 aromatic heterocycles. The third-order valence-corrected chi connectivity index (χ3v) is 4.67. The molecule has 1 saturated heterocycles. The maximum atomic E-state index is 11.9. The van der Waals surface area contributed by atoms with Crippen molar-refractivity contribution >= 4 is 17.7 Å². The lowest BCUT2D eigenvalue weighted by atomic mass is 9.89. The van der Waals surface area contributed by atoms with Crippen LogP contribution in [-0.2, 0) is 4.79 Å². The molecule has 14 heavy (non-hydrogen) atoms. The molecular formula is C10H17NO2S. The fourth-order valence-corrected chi connectivity index (χ4v) is 3.22. The quantitative estimate of drug-likeness (QED) is 0.720. The van der Waals surface area contributed by atoms with E-state index in [1.165, 1.54) is 0 Å². The highest BCUT2D eigenvalue weighted by Gasteiger charge is 2.39. The predicted octanol–water partition coefficient (Wildman–Crippen LogP) is 0.912. The van der Waals surface area contributed by atoms with Gasteiger partial charge in [-0.25, -0.2) is 0 Å². The minimum atomic E-state index is -0.208. The lowest BCUT2D eigenvalue weighted by molar-refractivity contribution is -0.125. The van der Waals surface area contributed by atoms with E-state index in [0.29, 0.717) is 0 Å². The van der Waals surface area contributed by atoms with Crippen molar-refractivity contribution in [2.75, 3.05) is 5.75 Å². The number of nitrogens with one attached hydrogen (secondary N) is 1. The molecule has 2 N–H and O–H groups in total. The Labute approximate surface area is 88.6 Å². The normalized spacial score (nSPS) is 41.9. The monoisotopic (exact) mass is 215 g/mol. The average molecular weight is 215 g/mol. The Kier molecular flexibility index (Phi) is 2.75. The Balaban J connectivity index is 1.83. The van der Waals surface area contributed by atoms with Crippen molar-refractivity contribution in [3.05, 3.63) is 0 Å². The van der Waals surface area contributed by atoms with Crippen LogP contribution in [0.3, 0.4) is 0 Å². The fraction of sp³-hybridized carbons (Fsp3) is 0.900. The SMILES string of the molecule is CC1(C(=O)NC2CC(O)C2)CCCS1. The summed E-state index contributed by atoms with van der Waals surface area (Å²) in [5, 5.41) is 12.1. The lowest BCUT2D eigenvalue weighted by Gasteiger charge is -2.34. The highest BCUT2D eigenvalue weighted by atomic mass is 32.2. The zero-order chi connectivity index (χ0) is 10.2. The first-order valence-corrected chi connectivity index (χ1v) is 6.22. The van der Waals surface area contributed by atoms with Crippen molar-refractivity contribution in [1.29, 1.82) is 0 Å². The van der Waals surface area contributed by atoms with E-state index in [1.807, 2.05) is 6.92 Å². The van der Waals surface area contributed by atoms with Gasteiger partial charge in [0.05, 0.1) is 10.9 Å². The van der Waals surface area contributed by atoms with Crippen molar-refractivity contribution in [2.24, 2.45) is 0 Å². The molecule has 2 aliphatic rings. The Morgan fingerprint density at radius 3 is 2.79 bits per heavy atom. The third kappa shape index (κ3) is 1.91. The summed E-state index contributed by atoms with van der Waals surface area (Å²) in [6, 6.07) is 0.218. The van der Waals surface area contributed by atoms with E-state index in [1.54, 1.807) is 11.8 Å². The summed E-state index contributed by atoms with van der Waals surface area (Å²) in [6.07, 6.45) is 3.39. The van der Waals surface area contributed by atoms with Gasteiger partial charge in [-0.2, -0.15) is 0 Å². The summed E-state index contributed by atoms with van der Waals surface area (Å²) >= 11 is 1.76. The van der Waals surface area contributed by atoms with Crippen molar-refractivity contribution < 1.29 is 9.90 Å². The molecule has 1 atom stereocenters. The summed E-state index contributed by atoms with van der Waals surface area (Å²) in [6.45, 7) is 2.02. The van der Waals surface area contributed by atoms with Gasteiger partial charge in [0.25, 0.3) is 0 Å². The summed E-state index contributed by atoms with van der Waals surface area (Å²) < 4.78 is -0.208. The number of carbonyl (C=O) groups is 1. The van der Waals surface area contributed by atoms with Gasteiger partial charge in [-0.1, -0.05) is 0 Å². The van der Waals surface area contributed by atoms with Crippen molar-refractivity contribution in [1.82, 2.24) is 5.32 Å². The molecule has 0 radical (unpaired) electrons. The van der Waals surface area contributed by atoms with E-state index >= 15 is 0 Å². The number of aliphatic hydroxyl groups is 1. The van der Waals surface area contributed by atoms with E-state index in [4.69, 9.17) is 5.11 Å². The topological polar surface area (TPSA) is 49.3 Å². The lowest BCUT2D eigenvalue weighted by Crippen LogP contribution is -2.52. The molecule has 1 heterocycles. The molecule has 3 nitrogen and oxygen atoms in total. The first-order chi connectivity index (χ1) is 6.60. The zero-order valence-corrected chi connectivity index (χ0v) is 9.27. The summed E-state index contributed by atoms with van der Waals surface area (Å²) in [5.41, 5.74) is 0. The summed E-state index contributed by atoms with van der Waals surface area (Å²) in [4.78, 5) is 11.9. The number of aliphatic hydroxyl groups excluding tert-OH is 1. The van der Waals surface area contributed by atoms with Crippen molar-refractivity contribution in [3.63, 3.8) is 0 Å². The van der Waals surface area contributed by atoms with Crippen LogP contribution in [0.25, 0.3) is 0 Å². The number of thioether (sulfide) groups is 1. The Bertz CT molecular complexity index is 232. The number of rotatable bonds is 2.